The van der Waals surface area contributed by atoms with Crippen LogP contribution in [-0.2, 0) is 11.3 Å². The Morgan fingerprint density at radius 2 is 1.71 bits per heavy atom. The lowest BCUT2D eigenvalue weighted by molar-refractivity contribution is -0.114. The lowest BCUT2D eigenvalue weighted by atomic mass is 10.0. The van der Waals surface area contributed by atoms with Gasteiger partial charge in [-0.2, -0.15) is 0 Å². The van der Waals surface area contributed by atoms with E-state index in [4.69, 9.17) is 0 Å². The van der Waals surface area contributed by atoms with E-state index in [1.165, 1.54) is 18.1 Å². The molecule has 0 radical (unpaired) electrons. The Bertz CT molecular complexity index is 824. The lowest BCUT2D eigenvalue weighted by Crippen LogP contribution is -2.51. The van der Waals surface area contributed by atoms with E-state index in [0.29, 0.717) is 11.3 Å². The van der Waals surface area contributed by atoms with Crippen LogP contribution in [0.2, 0.25) is 0 Å². The molecule has 2 aromatic rings. The Balaban J connectivity index is 1.53. The SMILES string of the molecule is CC(=O)Nc1ccc(C(=O)[C@H](C)N2CCN(Cc3cccc(C)c3)CC2)cc1. The molecule has 0 aliphatic carbocycles. The summed E-state index contributed by atoms with van der Waals surface area (Å²) in [5.74, 6) is 0.0116. The number of amides is 1. The van der Waals surface area contributed by atoms with Gasteiger partial charge in [-0.15, -0.1) is 0 Å². The van der Waals surface area contributed by atoms with Gasteiger partial charge in [-0.3, -0.25) is 19.4 Å². The summed E-state index contributed by atoms with van der Waals surface area (Å²) in [6.07, 6.45) is 0. The zero-order valence-electron chi connectivity index (χ0n) is 16.9. The number of hydrogen-bond donors (Lipinski definition) is 1. The number of ketones is 1. The largest absolute Gasteiger partial charge is 0.326 e. The summed E-state index contributed by atoms with van der Waals surface area (Å²) >= 11 is 0. The first-order chi connectivity index (χ1) is 13.4. The summed E-state index contributed by atoms with van der Waals surface area (Å²) in [4.78, 5) is 28.7. The van der Waals surface area contributed by atoms with Gasteiger partial charge in [0.05, 0.1) is 6.04 Å². The number of rotatable bonds is 6. The number of carbonyl (C=O) groups excluding carboxylic acids is 2. The van der Waals surface area contributed by atoms with Gasteiger partial charge >= 0.3 is 0 Å². The fourth-order valence-corrected chi connectivity index (χ4v) is 3.71. The van der Waals surface area contributed by atoms with Crippen molar-refractivity contribution in [2.45, 2.75) is 33.4 Å². The number of carbonyl (C=O) groups is 2. The molecule has 0 bridgehead atoms. The molecular formula is C23H29N3O2. The number of nitrogens with zero attached hydrogens (tertiary/aromatic N) is 2. The third-order valence-corrected chi connectivity index (χ3v) is 5.31. The van der Waals surface area contributed by atoms with Gasteiger partial charge in [0.15, 0.2) is 5.78 Å². The number of hydrogen-bond acceptors (Lipinski definition) is 4. The highest BCUT2D eigenvalue weighted by Gasteiger charge is 2.26. The first kappa shape index (κ1) is 20.2. The van der Waals surface area contributed by atoms with Crippen LogP contribution in [-0.4, -0.2) is 53.7 Å². The van der Waals surface area contributed by atoms with Crippen molar-refractivity contribution in [1.29, 1.82) is 0 Å². The summed E-state index contributed by atoms with van der Waals surface area (Å²) in [5, 5.41) is 2.73. The third-order valence-electron chi connectivity index (χ3n) is 5.31. The molecule has 1 atom stereocenters. The van der Waals surface area contributed by atoms with E-state index in [1.54, 1.807) is 24.3 Å². The standard InChI is InChI=1S/C23H29N3O2/c1-17-5-4-6-20(15-17)16-25-11-13-26(14-12-25)18(2)23(28)21-7-9-22(10-8-21)24-19(3)27/h4-10,15,18H,11-14,16H2,1-3H3,(H,24,27)/t18-/m0/s1. The van der Waals surface area contributed by atoms with Crippen molar-refractivity contribution in [3.05, 3.63) is 65.2 Å². The summed E-state index contributed by atoms with van der Waals surface area (Å²) in [7, 11) is 0. The van der Waals surface area contributed by atoms with Crippen LogP contribution in [0.3, 0.4) is 0 Å². The highest BCUT2D eigenvalue weighted by atomic mass is 16.1. The van der Waals surface area contributed by atoms with Crippen LogP contribution in [0.5, 0.6) is 0 Å². The third kappa shape index (κ3) is 5.27. The molecule has 0 spiro atoms. The Morgan fingerprint density at radius 3 is 2.32 bits per heavy atom. The maximum atomic E-state index is 12.8. The fraction of sp³-hybridized carbons (Fsp3) is 0.391. The number of aryl methyl sites for hydroxylation is 1. The van der Waals surface area contributed by atoms with Crippen molar-refractivity contribution in [3.63, 3.8) is 0 Å². The molecule has 1 amide bonds. The monoisotopic (exact) mass is 379 g/mol. The Kier molecular flexibility index (Phi) is 6.60. The van der Waals surface area contributed by atoms with Gasteiger partial charge in [-0.05, 0) is 43.7 Å². The van der Waals surface area contributed by atoms with Gasteiger partial charge in [0.2, 0.25) is 5.91 Å². The predicted octanol–water partition coefficient (Wildman–Crippen LogP) is 3.34. The van der Waals surface area contributed by atoms with E-state index in [2.05, 4.69) is 46.3 Å². The van der Waals surface area contributed by atoms with Crippen LogP contribution >= 0.6 is 0 Å². The molecular weight excluding hydrogens is 350 g/mol. The Labute approximate surface area is 167 Å². The molecule has 1 aliphatic heterocycles. The zero-order valence-corrected chi connectivity index (χ0v) is 16.9. The molecule has 148 valence electrons. The molecule has 28 heavy (non-hydrogen) atoms. The Morgan fingerprint density at radius 1 is 1.04 bits per heavy atom. The van der Waals surface area contributed by atoms with Gasteiger partial charge in [0.25, 0.3) is 0 Å². The second-order valence-electron chi connectivity index (χ2n) is 7.60. The first-order valence-corrected chi connectivity index (χ1v) is 9.86. The maximum Gasteiger partial charge on any atom is 0.221 e. The fourth-order valence-electron chi connectivity index (χ4n) is 3.71. The number of anilines is 1. The molecule has 0 unspecified atom stereocenters. The number of benzene rings is 2. The molecule has 5 nitrogen and oxygen atoms in total. The van der Waals surface area contributed by atoms with Crippen LogP contribution in [0.15, 0.2) is 48.5 Å². The van der Waals surface area contributed by atoms with E-state index in [1.807, 2.05) is 6.92 Å². The topological polar surface area (TPSA) is 52.7 Å². The second kappa shape index (κ2) is 9.13. The molecule has 0 aromatic heterocycles. The van der Waals surface area contributed by atoms with Crippen LogP contribution in [0, 0.1) is 6.92 Å². The summed E-state index contributed by atoms with van der Waals surface area (Å²) in [6, 6.07) is 15.6. The molecule has 2 aromatic carbocycles. The van der Waals surface area contributed by atoms with E-state index in [0.717, 1.165) is 32.7 Å². The minimum absolute atomic E-state index is 0.115. The second-order valence-corrected chi connectivity index (χ2v) is 7.60. The average Bonchev–Trinajstić information content (AvgIpc) is 2.68. The van der Waals surface area contributed by atoms with Crippen molar-refractivity contribution in [2.24, 2.45) is 0 Å². The van der Waals surface area contributed by atoms with Crippen LogP contribution in [0.25, 0.3) is 0 Å². The molecule has 1 saturated heterocycles. The van der Waals surface area contributed by atoms with Gasteiger partial charge in [0, 0.05) is 50.9 Å². The normalized spacial score (nSPS) is 16.5. The van der Waals surface area contributed by atoms with E-state index < -0.39 is 0 Å². The van der Waals surface area contributed by atoms with Gasteiger partial charge < -0.3 is 5.32 Å². The van der Waals surface area contributed by atoms with Gasteiger partial charge in [0.1, 0.15) is 0 Å². The van der Waals surface area contributed by atoms with Crippen LogP contribution in [0.4, 0.5) is 5.69 Å². The Hall–Kier alpha value is -2.50. The van der Waals surface area contributed by atoms with Crippen molar-refractivity contribution >= 4 is 17.4 Å². The molecule has 3 rings (SSSR count). The first-order valence-electron chi connectivity index (χ1n) is 9.86. The van der Waals surface area contributed by atoms with Gasteiger partial charge in [-0.25, -0.2) is 0 Å². The number of piperazine rings is 1. The lowest BCUT2D eigenvalue weighted by Gasteiger charge is -2.37. The highest BCUT2D eigenvalue weighted by Crippen LogP contribution is 2.16. The summed E-state index contributed by atoms with van der Waals surface area (Å²) < 4.78 is 0. The molecule has 5 heteroatoms. The maximum absolute atomic E-state index is 12.8. The summed E-state index contributed by atoms with van der Waals surface area (Å²) in [6.45, 7) is 10.3. The molecule has 1 fully saturated rings. The van der Waals surface area contributed by atoms with Gasteiger partial charge in [-0.1, -0.05) is 29.8 Å². The smallest absolute Gasteiger partial charge is 0.221 e. The molecule has 1 aliphatic rings. The minimum atomic E-state index is -0.146. The molecule has 0 saturated carbocycles. The van der Waals surface area contributed by atoms with Crippen molar-refractivity contribution in [3.8, 4) is 0 Å². The zero-order chi connectivity index (χ0) is 20.1. The van der Waals surface area contributed by atoms with Crippen LogP contribution in [0.1, 0.15) is 35.3 Å². The number of Topliss-reactive ketones (excluding diaryl/α,β-unsaturated/α-hetero) is 1. The van der Waals surface area contributed by atoms with Crippen molar-refractivity contribution in [2.75, 3.05) is 31.5 Å². The molecule has 1 N–H and O–H groups in total. The van der Waals surface area contributed by atoms with Crippen molar-refractivity contribution in [1.82, 2.24) is 9.80 Å². The quantitative estimate of drug-likeness (QED) is 0.782. The highest BCUT2D eigenvalue weighted by molar-refractivity contribution is 6.00. The van der Waals surface area contributed by atoms with Crippen LogP contribution < -0.4 is 5.32 Å². The van der Waals surface area contributed by atoms with E-state index >= 15 is 0 Å². The molecule has 1 heterocycles. The van der Waals surface area contributed by atoms with E-state index in [-0.39, 0.29) is 17.7 Å². The average molecular weight is 380 g/mol. The predicted molar refractivity (Wildman–Crippen MR) is 113 cm³/mol. The number of nitrogens with one attached hydrogen (secondary N) is 1. The van der Waals surface area contributed by atoms with E-state index in [9.17, 15) is 9.59 Å². The minimum Gasteiger partial charge on any atom is -0.326 e. The van der Waals surface area contributed by atoms with Crippen molar-refractivity contribution < 1.29 is 9.59 Å². The summed E-state index contributed by atoms with van der Waals surface area (Å²) in [5.41, 5.74) is 4.03.